The molecule has 10 heteroatoms. The van der Waals surface area contributed by atoms with E-state index in [2.05, 4.69) is 15.0 Å². The third-order valence-corrected chi connectivity index (χ3v) is 6.11. The number of fused-ring (bicyclic) bond motifs is 3. The second-order valence-corrected chi connectivity index (χ2v) is 9.05. The maximum atomic E-state index is 12.7. The molecular weight excluding hydrogens is 420 g/mol. The third-order valence-electron chi connectivity index (χ3n) is 4.82. The fraction of sp³-hybridized carbons (Fsp3) is 0.190. The fourth-order valence-corrected chi connectivity index (χ4v) is 3.89. The standard InChI is InChI=1S/C21H20N4O5S/c1-3-31(28,29)24-16-9-8-14(10-13(16)2)23-18(26)11-25-12-22-19-15-6-4-5-7-17(15)30-20(19)21(25)27/h4-10,12,24H,3,11H2,1-2H3,(H,23,26). The van der Waals surface area contributed by atoms with Gasteiger partial charge in [0, 0.05) is 11.1 Å². The quantitative estimate of drug-likeness (QED) is 0.475. The molecule has 0 aliphatic rings. The molecule has 31 heavy (non-hydrogen) atoms. The molecule has 0 unspecified atom stereocenters. The maximum Gasteiger partial charge on any atom is 0.297 e. The van der Waals surface area contributed by atoms with E-state index in [1.807, 2.05) is 12.1 Å². The summed E-state index contributed by atoms with van der Waals surface area (Å²) >= 11 is 0. The van der Waals surface area contributed by atoms with Gasteiger partial charge in [-0.1, -0.05) is 12.1 Å². The number of furan rings is 1. The normalized spacial score (nSPS) is 11.7. The molecule has 160 valence electrons. The number of para-hydroxylation sites is 1. The highest BCUT2D eigenvalue weighted by molar-refractivity contribution is 7.92. The molecule has 2 N–H and O–H groups in total. The SMILES string of the molecule is CCS(=O)(=O)Nc1ccc(NC(=O)Cn2cnc3c(oc4ccccc43)c2=O)cc1C. The molecule has 2 heterocycles. The zero-order valence-electron chi connectivity index (χ0n) is 16.9. The summed E-state index contributed by atoms with van der Waals surface area (Å²) in [6, 6.07) is 12.0. The van der Waals surface area contributed by atoms with Crippen molar-refractivity contribution in [2.45, 2.75) is 20.4 Å². The molecule has 4 rings (SSSR count). The van der Waals surface area contributed by atoms with Crippen LogP contribution in [0.4, 0.5) is 11.4 Å². The van der Waals surface area contributed by atoms with Gasteiger partial charge in [0.05, 0.1) is 17.8 Å². The van der Waals surface area contributed by atoms with E-state index in [1.54, 1.807) is 44.2 Å². The average molecular weight is 440 g/mol. The molecule has 1 amide bonds. The minimum atomic E-state index is -3.40. The Balaban J connectivity index is 1.53. The fourth-order valence-electron chi connectivity index (χ4n) is 3.18. The molecule has 0 radical (unpaired) electrons. The lowest BCUT2D eigenvalue weighted by atomic mass is 10.2. The first kappa shape index (κ1) is 20.6. The monoisotopic (exact) mass is 440 g/mol. The summed E-state index contributed by atoms with van der Waals surface area (Å²) in [4.78, 5) is 29.5. The summed E-state index contributed by atoms with van der Waals surface area (Å²) in [5, 5.41) is 3.44. The molecule has 0 saturated heterocycles. The Kier molecular flexibility index (Phi) is 5.24. The number of carbonyl (C=O) groups excluding carboxylic acids is 1. The van der Waals surface area contributed by atoms with Crippen LogP contribution in [0, 0.1) is 6.92 Å². The van der Waals surface area contributed by atoms with Crippen molar-refractivity contribution >= 4 is 49.4 Å². The third kappa shape index (κ3) is 4.15. The first-order valence-corrected chi connectivity index (χ1v) is 11.2. The molecule has 0 saturated carbocycles. The summed E-state index contributed by atoms with van der Waals surface area (Å²) in [7, 11) is -3.40. The van der Waals surface area contributed by atoms with Crippen LogP contribution in [0.25, 0.3) is 22.1 Å². The van der Waals surface area contributed by atoms with Crippen molar-refractivity contribution in [3.05, 3.63) is 64.7 Å². The lowest BCUT2D eigenvalue weighted by molar-refractivity contribution is -0.116. The van der Waals surface area contributed by atoms with Crippen molar-refractivity contribution in [2.75, 3.05) is 15.8 Å². The minimum Gasteiger partial charge on any atom is -0.448 e. The van der Waals surface area contributed by atoms with Crippen LogP contribution in [-0.4, -0.2) is 29.6 Å². The van der Waals surface area contributed by atoms with Crippen molar-refractivity contribution in [1.82, 2.24) is 9.55 Å². The van der Waals surface area contributed by atoms with Crippen molar-refractivity contribution in [2.24, 2.45) is 0 Å². The summed E-state index contributed by atoms with van der Waals surface area (Å²) in [6.45, 7) is 3.03. The van der Waals surface area contributed by atoms with Crippen LogP contribution in [0.15, 0.2) is 58.0 Å². The number of anilines is 2. The number of benzene rings is 2. The summed E-state index contributed by atoms with van der Waals surface area (Å²) in [5.41, 5.74) is 2.23. The van der Waals surface area contributed by atoms with Gasteiger partial charge in [0.15, 0.2) is 0 Å². The highest BCUT2D eigenvalue weighted by atomic mass is 32.2. The van der Waals surface area contributed by atoms with Crippen LogP contribution >= 0.6 is 0 Å². The second kappa shape index (κ2) is 7.88. The topological polar surface area (TPSA) is 123 Å². The maximum absolute atomic E-state index is 12.7. The van der Waals surface area contributed by atoms with Gasteiger partial charge >= 0.3 is 0 Å². The number of amides is 1. The van der Waals surface area contributed by atoms with Crippen LogP contribution in [-0.2, 0) is 21.4 Å². The summed E-state index contributed by atoms with van der Waals surface area (Å²) < 4.78 is 32.8. The largest absolute Gasteiger partial charge is 0.448 e. The highest BCUT2D eigenvalue weighted by Gasteiger charge is 2.15. The van der Waals surface area contributed by atoms with Crippen LogP contribution in [0.1, 0.15) is 12.5 Å². The van der Waals surface area contributed by atoms with E-state index in [0.29, 0.717) is 28.0 Å². The Morgan fingerprint density at radius 1 is 1.19 bits per heavy atom. The first-order chi connectivity index (χ1) is 14.8. The van der Waals surface area contributed by atoms with E-state index >= 15 is 0 Å². The Bertz CT molecular complexity index is 1470. The number of aryl methyl sites for hydroxylation is 1. The molecule has 0 spiro atoms. The van der Waals surface area contributed by atoms with Gasteiger partial charge in [0.25, 0.3) is 5.56 Å². The van der Waals surface area contributed by atoms with Gasteiger partial charge < -0.3 is 9.73 Å². The number of nitrogens with zero attached hydrogens (tertiary/aromatic N) is 2. The number of hydrogen-bond donors (Lipinski definition) is 2. The predicted octanol–water partition coefficient (Wildman–Crippen LogP) is 2.85. The Morgan fingerprint density at radius 2 is 1.97 bits per heavy atom. The number of sulfonamides is 1. The predicted molar refractivity (Wildman–Crippen MR) is 119 cm³/mol. The summed E-state index contributed by atoms with van der Waals surface area (Å²) in [6.07, 6.45) is 1.32. The van der Waals surface area contributed by atoms with Crippen molar-refractivity contribution in [3.8, 4) is 0 Å². The molecule has 9 nitrogen and oxygen atoms in total. The zero-order chi connectivity index (χ0) is 22.2. The van der Waals surface area contributed by atoms with Gasteiger partial charge in [-0.25, -0.2) is 13.4 Å². The van der Waals surface area contributed by atoms with E-state index in [0.717, 1.165) is 5.39 Å². The molecule has 0 atom stereocenters. The van der Waals surface area contributed by atoms with E-state index in [1.165, 1.54) is 10.9 Å². The number of aromatic nitrogens is 2. The van der Waals surface area contributed by atoms with Crippen LogP contribution < -0.4 is 15.6 Å². The Labute approximate surface area is 177 Å². The van der Waals surface area contributed by atoms with Gasteiger partial charge in [-0.15, -0.1) is 0 Å². The lowest BCUT2D eigenvalue weighted by Crippen LogP contribution is -2.27. The minimum absolute atomic E-state index is 0.0384. The Hall–Kier alpha value is -3.66. The van der Waals surface area contributed by atoms with E-state index < -0.39 is 21.5 Å². The van der Waals surface area contributed by atoms with E-state index in [4.69, 9.17) is 4.42 Å². The van der Waals surface area contributed by atoms with Crippen molar-refractivity contribution < 1.29 is 17.6 Å². The molecule has 0 fully saturated rings. The van der Waals surface area contributed by atoms with Gasteiger partial charge in [-0.05, 0) is 49.7 Å². The Morgan fingerprint density at radius 3 is 2.71 bits per heavy atom. The van der Waals surface area contributed by atoms with Crippen LogP contribution in [0.5, 0.6) is 0 Å². The van der Waals surface area contributed by atoms with Gasteiger partial charge in [0.2, 0.25) is 21.5 Å². The molecule has 4 aromatic rings. The number of carbonyl (C=O) groups is 1. The lowest BCUT2D eigenvalue weighted by Gasteiger charge is -2.12. The molecule has 0 bridgehead atoms. The number of hydrogen-bond acceptors (Lipinski definition) is 6. The summed E-state index contributed by atoms with van der Waals surface area (Å²) in [5.74, 6) is -0.468. The smallest absolute Gasteiger partial charge is 0.297 e. The molecular formula is C21H20N4O5S. The van der Waals surface area contributed by atoms with Crippen LogP contribution in [0.2, 0.25) is 0 Å². The molecule has 0 aliphatic carbocycles. The highest BCUT2D eigenvalue weighted by Crippen LogP contribution is 2.24. The van der Waals surface area contributed by atoms with E-state index in [-0.39, 0.29) is 17.9 Å². The number of nitrogens with one attached hydrogen (secondary N) is 2. The first-order valence-electron chi connectivity index (χ1n) is 9.55. The average Bonchev–Trinajstić information content (AvgIpc) is 3.12. The van der Waals surface area contributed by atoms with Gasteiger partial charge in [0.1, 0.15) is 17.6 Å². The van der Waals surface area contributed by atoms with Crippen molar-refractivity contribution in [3.63, 3.8) is 0 Å². The van der Waals surface area contributed by atoms with Crippen molar-refractivity contribution in [1.29, 1.82) is 0 Å². The number of rotatable bonds is 6. The second-order valence-electron chi connectivity index (χ2n) is 7.04. The molecule has 0 aliphatic heterocycles. The van der Waals surface area contributed by atoms with Gasteiger partial charge in [-0.3, -0.25) is 18.9 Å². The van der Waals surface area contributed by atoms with Crippen LogP contribution in [0.3, 0.4) is 0 Å². The van der Waals surface area contributed by atoms with Gasteiger partial charge in [-0.2, -0.15) is 0 Å². The zero-order valence-corrected chi connectivity index (χ0v) is 17.7. The molecule has 2 aromatic heterocycles. The van der Waals surface area contributed by atoms with E-state index in [9.17, 15) is 18.0 Å². The molecule has 2 aromatic carbocycles.